The van der Waals surface area contributed by atoms with E-state index in [1.54, 1.807) is 0 Å². The van der Waals surface area contributed by atoms with Gasteiger partial charge in [-0.25, -0.2) is 4.98 Å². The van der Waals surface area contributed by atoms with Crippen LogP contribution in [0.1, 0.15) is 44.9 Å². The summed E-state index contributed by atoms with van der Waals surface area (Å²) in [5.41, 5.74) is 0. The molecule has 1 saturated carbocycles. The highest BCUT2D eigenvalue weighted by atomic mass is 15.1. The first-order valence-corrected chi connectivity index (χ1v) is 6.58. The van der Waals surface area contributed by atoms with Crippen LogP contribution in [0, 0.1) is 5.92 Å². The fourth-order valence-electron chi connectivity index (χ4n) is 2.87. The number of rotatable bonds is 5. The summed E-state index contributed by atoms with van der Waals surface area (Å²) in [6.07, 6.45) is 8.08. The van der Waals surface area contributed by atoms with Gasteiger partial charge in [-0.2, -0.15) is 0 Å². The molecule has 1 aliphatic rings. The summed E-state index contributed by atoms with van der Waals surface area (Å²) in [7, 11) is 0. The van der Waals surface area contributed by atoms with Gasteiger partial charge in [-0.1, -0.05) is 13.3 Å². The van der Waals surface area contributed by atoms with E-state index < -0.39 is 0 Å². The third kappa shape index (κ3) is 2.29. The van der Waals surface area contributed by atoms with Crippen molar-refractivity contribution >= 4 is 0 Å². The predicted octanol–water partition coefficient (Wildman–Crippen LogP) is 2.40. The second-order valence-corrected chi connectivity index (χ2v) is 4.68. The molecule has 90 valence electrons. The Morgan fingerprint density at radius 3 is 3.06 bits per heavy atom. The summed E-state index contributed by atoms with van der Waals surface area (Å²) >= 11 is 0. The summed E-state index contributed by atoms with van der Waals surface area (Å²) in [6, 6.07) is 0. The minimum absolute atomic E-state index is 0.675. The van der Waals surface area contributed by atoms with Gasteiger partial charge in [-0.15, -0.1) is 0 Å². The van der Waals surface area contributed by atoms with E-state index in [0.717, 1.165) is 25.6 Å². The molecule has 2 unspecified atom stereocenters. The zero-order valence-electron chi connectivity index (χ0n) is 10.4. The van der Waals surface area contributed by atoms with Crippen molar-refractivity contribution in [2.75, 3.05) is 13.1 Å². The van der Waals surface area contributed by atoms with Crippen LogP contribution in [-0.2, 0) is 6.54 Å². The van der Waals surface area contributed by atoms with Crippen LogP contribution in [0.4, 0.5) is 0 Å². The Bertz CT molecular complexity index is 319. The lowest BCUT2D eigenvalue weighted by Crippen LogP contribution is -2.25. The average Bonchev–Trinajstić information content (AvgIpc) is 2.93. The Morgan fingerprint density at radius 2 is 2.31 bits per heavy atom. The molecule has 1 aliphatic carbocycles. The van der Waals surface area contributed by atoms with Gasteiger partial charge in [-0.3, -0.25) is 0 Å². The normalized spacial score (nSPS) is 25.1. The Hall–Kier alpha value is -0.830. The number of hydrogen-bond acceptors (Lipinski definition) is 2. The molecule has 0 aromatic carbocycles. The molecule has 0 amide bonds. The van der Waals surface area contributed by atoms with Gasteiger partial charge in [0.25, 0.3) is 0 Å². The highest BCUT2D eigenvalue weighted by molar-refractivity contribution is 5.05. The summed E-state index contributed by atoms with van der Waals surface area (Å²) in [5.74, 6) is 2.77. The number of aromatic nitrogens is 2. The van der Waals surface area contributed by atoms with E-state index >= 15 is 0 Å². The molecule has 1 fully saturated rings. The van der Waals surface area contributed by atoms with Crippen molar-refractivity contribution in [1.82, 2.24) is 14.9 Å². The van der Waals surface area contributed by atoms with Gasteiger partial charge < -0.3 is 9.88 Å². The largest absolute Gasteiger partial charge is 0.335 e. The summed E-state index contributed by atoms with van der Waals surface area (Å²) in [4.78, 5) is 4.56. The van der Waals surface area contributed by atoms with Crippen LogP contribution in [-0.4, -0.2) is 22.6 Å². The average molecular weight is 221 g/mol. The Kier molecular flexibility index (Phi) is 3.99. The molecule has 1 N–H and O–H groups in total. The van der Waals surface area contributed by atoms with Crippen LogP contribution in [0.5, 0.6) is 0 Å². The summed E-state index contributed by atoms with van der Waals surface area (Å²) in [6.45, 7) is 7.64. The van der Waals surface area contributed by atoms with Crippen LogP contribution >= 0.6 is 0 Å². The Labute approximate surface area is 98.3 Å². The topological polar surface area (TPSA) is 29.9 Å². The predicted molar refractivity (Wildman–Crippen MR) is 66.5 cm³/mol. The molecule has 3 nitrogen and oxygen atoms in total. The van der Waals surface area contributed by atoms with Gasteiger partial charge in [0.1, 0.15) is 5.82 Å². The molecule has 1 heterocycles. The van der Waals surface area contributed by atoms with Crippen molar-refractivity contribution in [2.24, 2.45) is 5.92 Å². The quantitative estimate of drug-likeness (QED) is 0.827. The first kappa shape index (κ1) is 11.6. The molecule has 0 saturated heterocycles. The zero-order chi connectivity index (χ0) is 11.4. The Morgan fingerprint density at radius 1 is 1.44 bits per heavy atom. The van der Waals surface area contributed by atoms with E-state index in [0.29, 0.717) is 5.92 Å². The van der Waals surface area contributed by atoms with E-state index in [1.807, 2.05) is 6.20 Å². The molecule has 0 radical (unpaired) electrons. The zero-order valence-corrected chi connectivity index (χ0v) is 10.4. The lowest BCUT2D eigenvalue weighted by Gasteiger charge is -2.20. The van der Waals surface area contributed by atoms with E-state index in [2.05, 4.69) is 34.9 Å². The lowest BCUT2D eigenvalue weighted by atomic mass is 9.95. The van der Waals surface area contributed by atoms with Gasteiger partial charge in [0, 0.05) is 24.9 Å². The van der Waals surface area contributed by atoms with Gasteiger partial charge in [0.15, 0.2) is 0 Å². The lowest BCUT2D eigenvalue weighted by molar-refractivity contribution is 0.426. The molecular weight excluding hydrogens is 198 g/mol. The van der Waals surface area contributed by atoms with E-state index in [-0.39, 0.29) is 0 Å². The van der Waals surface area contributed by atoms with Crippen LogP contribution in [0.25, 0.3) is 0 Å². The highest BCUT2D eigenvalue weighted by Gasteiger charge is 2.30. The molecule has 2 rings (SSSR count). The fourth-order valence-corrected chi connectivity index (χ4v) is 2.87. The third-order valence-electron chi connectivity index (χ3n) is 3.74. The van der Waals surface area contributed by atoms with E-state index in [1.165, 1.54) is 25.1 Å². The molecule has 0 spiro atoms. The maximum Gasteiger partial charge on any atom is 0.112 e. The molecule has 1 aromatic heterocycles. The van der Waals surface area contributed by atoms with Crippen molar-refractivity contribution in [3.05, 3.63) is 18.2 Å². The minimum atomic E-state index is 0.675. The molecule has 1 aromatic rings. The molecule has 0 aliphatic heterocycles. The maximum atomic E-state index is 4.56. The van der Waals surface area contributed by atoms with Crippen molar-refractivity contribution in [2.45, 2.75) is 45.6 Å². The number of hydrogen-bond donors (Lipinski definition) is 1. The summed E-state index contributed by atoms with van der Waals surface area (Å²) in [5, 5.41) is 3.48. The second kappa shape index (κ2) is 5.48. The molecule has 16 heavy (non-hydrogen) atoms. The van der Waals surface area contributed by atoms with Gasteiger partial charge >= 0.3 is 0 Å². The van der Waals surface area contributed by atoms with Crippen LogP contribution < -0.4 is 5.32 Å². The number of imidazole rings is 1. The van der Waals surface area contributed by atoms with Crippen molar-refractivity contribution in [3.8, 4) is 0 Å². The van der Waals surface area contributed by atoms with Crippen LogP contribution in [0.3, 0.4) is 0 Å². The van der Waals surface area contributed by atoms with Gasteiger partial charge in [0.05, 0.1) is 0 Å². The molecule has 0 bridgehead atoms. The molecule has 2 atom stereocenters. The van der Waals surface area contributed by atoms with Gasteiger partial charge in [0.2, 0.25) is 0 Å². The minimum Gasteiger partial charge on any atom is -0.335 e. The van der Waals surface area contributed by atoms with E-state index in [9.17, 15) is 0 Å². The Balaban J connectivity index is 2.07. The first-order valence-electron chi connectivity index (χ1n) is 6.58. The SMILES string of the molecule is CCNCC1CCCC1c1nccn1CC. The smallest absolute Gasteiger partial charge is 0.112 e. The van der Waals surface area contributed by atoms with Crippen molar-refractivity contribution < 1.29 is 0 Å². The fraction of sp³-hybridized carbons (Fsp3) is 0.769. The first-order chi connectivity index (χ1) is 7.86. The van der Waals surface area contributed by atoms with Crippen LogP contribution in [0.15, 0.2) is 12.4 Å². The maximum absolute atomic E-state index is 4.56. The van der Waals surface area contributed by atoms with Crippen molar-refractivity contribution in [1.29, 1.82) is 0 Å². The summed E-state index contributed by atoms with van der Waals surface area (Å²) < 4.78 is 2.30. The monoisotopic (exact) mass is 221 g/mol. The third-order valence-corrected chi connectivity index (χ3v) is 3.74. The van der Waals surface area contributed by atoms with Crippen LogP contribution in [0.2, 0.25) is 0 Å². The molecular formula is C13H23N3. The number of aryl methyl sites for hydroxylation is 1. The van der Waals surface area contributed by atoms with Gasteiger partial charge in [-0.05, 0) is 38.8 Å². The molecule has 3 heteroatoms. The standard InChI is InChI=1S/C13H23N3/c1-3-14-10-11-6-5-7-12(11)13-15-8-9-16(13)4-2/h8-9,11-12,14H,3-7,10H2,1-2H3. The number of nitrogens with zero attached hydrogens (tertiary/aromatic N) is 2. The second-order valence-electron chi connectivity index (χ2n) is 4.68. The van der Waals surface area contributed by atoms with Crippen molar-refractivity contribution in [3.63, 3.8) is 0 Å². The number of nitrogens with one attached hydrogen (secondary N) is 1. The highest BCUT2D eigenvalue weighted by Crippen LogP contribution is 2.38. The van der Waals surface area contributed by atoms with E-state index in [4.69, 9.17) is 0 Å².